The summed E-state index contributed by atoms with van der Waals surface area (Å²) in [6.07, 6.45) is 20.0. The molecule has 0 radical (unpaired) electrons. The highest BCUT2D eigenvalue weighted by molar-refractivity contribution is 6.01. The molecule has 0 saturated carbocycles. The highest BCUT2D eigenvalue weighted by Crippen LogP contribution is 2.17. The lowest BCUT2D eigenvalue weighted by molar-refractivity contribution is 0.0991. The van der Waals surface area contributed by atoms with Crippen molar-refractivity contribution in [1.82, 2.24) is 14.5 Å². The van der Waals surface area contributed by atoms with Crippen LogP contribution < -0.4 is 5.56 Å². The van der Waals surface area contributed by atoms with E-state index in [1.165, 1.54) is 64.2 Å². The Morgan fingerprint density at radius 1 is 0.903 bits per heavy atom. The van der Waals surface area contributed by atoms with Gasteiger partial charge in [0.05, 0.1) is 5.69 Å². The second-order valence-corrected chi connectivity index (χ2v) is 9.22. The summed E-state index contributed by atoms with van der Waals surface area (Å²) in [5.74, 6) is 0.746. The smallest absolute Gasteiger partial charge is 0.265 e. The van der Waals surface area contributed by atoms with Crippen molar-refractivity contribution in [1.29, 1.82) is 0 Å². The average molecular weight is 430 g/mol. The number of fused-ring (bicyclic) bond motifs is 1. The van der Waals surface area contributed by atoms with Crippen molar-refractivity contribution in [2.24, 2.45) is 0 Å². The van der Waals surface area contributed by atoms with Crippen LogP contribution in [0.15, 0.2) is 10.9 Å². The van der Waals surface area contributed by atoms with Crippen LogP contribution >= 0.6 is 0 Å². The van der Waals surface area contributed by atoms with Crippen molar-refractivity contribution in [2.45, 2.75) is 103 Å². The van der Waals surface area contributed by atoms with Crippen LogP contribution in [-0.4, -0.2) is 40.9 Å². The Morgan fingerprint density at radius 2 is 1.52 bits per heavy atom. The maximum Gasteiger partial charge on any atom is 0.265 e. The fraction of sp³-hybridized carbons (Fsp3) is 0.731. The number of ketones is 1. The van der Waals surface area contributed by atoms with Crippen molar-refractivity contribution in [3.05, 3.63) is 33.5 Å². The standard InChI is InChI=1S/C26H43N3O2/c1-4-5-6-7-8-9-10-11-12-13-14-19-24-27-22-17-15-18-23(30)25(22)26(31)29(24)21-16-20-28(2)3/h15,17H,4-14,16,18-21H2,1-3H3. The second kappa shape index (κ2) is 14.3. The number of aryl methyl sites for hydroxylation is 1. The Kier molecular flexibility index (Phi) is 11.8. The quantitative estimate of drug-likeness (QED) is 0.319. The van der Waals surface area contributed by atoms with E-state index in [0.29, 0.717) is 18.7 Å². The van der Waals surface area contributed by atoms with Crippen LogP contribution in [0.4, 0.5) is 0 Å². The molecule has 0 saturated heterocycles. The molecule has 0 aliphatic heterocycles. The first kappa shape index (κ1) is 25.5. The number of hydrogen-bond acceptors (Lipinski definition) is 4. The molecule has 31 heavy (non-hydrogen) atoms. The molecule has 174 valence electrons. The number of nitrogens with zero attached hydrogens (tertiary/aromatic N) is 3. The third-order valence-electron chi connectivity index (χ3n) is 6.13. The van der Waals surface area contributed by atoms with Gasteiger partial charge in [0.25, 0.3) is 5.56 Å². The zero-order valence-electron chi connectivity index (χ0n) is 20.1. The molecule has 0 atom stereocenters. The van der Waals surface area contributed by atoms with Crippen molar-refractivity contribution in [3.63, 3.8) is 0 Å². The SMILES string of the molecule is CCCCCCCCCCCCCc1nc2c(c(=O)n1CCCN(C)C)C(=O)CC=C2. The normalized spacial score (nSPS) is 13.2. The molecule has 0 aromatic carbocycles. The third kappa shape index (κ3) is 8.72. The van der Waals surface area contributed by atoms with Crippen LogP contribution in [0.3, 0.4) is 0 Å². The molecule has 1 aromatic rings. The summed E-state index contributed by atoms with van der Waals surface area (Å²) >= 11 is 0. The second-order valence-electron chi connectivity index (χ2n) is 9.22. The Morgan fingerprint density at radius 3 is 2.13 bits per heavy atom. The van der Waals surface area contributed by atoms with Crippen LogP contribution in [0.2, 0.25) is 0 Å². The van der Waals surface area contributed by atoms with Crippen molar-refractivity contribution >= 4 is 11.9 Å². The van der Waals surface area contributed by atoms with E-state index in [-0.39, 0.29) is 16.9 Å². The molecular formula is C26H43N3O2. The molecule has 0 fully saturated rings. The van der Waals surface area contributed by atoms with Crippen LogP contribution in [0.1, 0.15) is 112 Å². The lowest BCUT2D eigenvalue weighted by Gasteiger charge is -2.18. The molecule has 1 heterocycles. The Bertz CT molecular complexity index is 765. The summed E-state index contributed by atoms with van der Waals surface area (Å²) in [4.78, 5) is 32.2. The molecular weight excluding hydrogens is 386 g/mol. The minimum absolute atomic E-state index is 0.0994. The zero-order valence-corrected chi connectivity index (χ0v) is 20.1. The minimum atomic E-state index is -0.142. The first-order valence-corrected chi connectivity index (χ1v) is 12.5. The van der Waals surface area contributed by atoms with Gasteiger partial charge in [-0.15, -0.1) is 0 Å². The highest BCUT2D eigenvalue weighted by atomic mass is 16.1. The number of unbranched alkanes of at least 4 members (excludes halogenated alkanes) is 10. The number of carbonyl (C=O) groups is 1. The monoisotopic (exact) mass is 429 g/mol. The van der Waals surface area contributed by atoms with Gasteiger partial charge in [0.1, 0.15) is 11.4 Å². The van der Waals surface area contributed by atoms with E-state index in [2.05, 4.69) is 11.8 Å². The van der Waals surface area contributed by atoms with Gasteiger partial charge in [-0.3, -0.25) is 14.2 Å². The lowest BCUT2D eigenvalue weighted by atomic mass is 10.0. The predicted octanol–water partition coefficient (Wildman–Crippen LogP) is 5.65. The molecule has 1 aliphatic carbocycles. The van der Waals surface area contributed by atoms with Crippen molar-refractivity contribution in [3.8, 4) is 0 Å². The van der Waals surface area contributed by atoms with Gasteiger partial charge in [-0.1, -0.05) is 77.2 Å². The van der Waals surface area contributed by atoms with Gasteiger partial charge < -0.3 is 4.90 Å². The first-order valence-electron chi connectivity index (χ1n) is 12.5. The number of aromatic nitrogens is 2. The number of Topliss-reactive ketones (excluding diaryl/α,β-unsaturated/α-hetero) is 1. The van der Waals surface area contributed by atoms with Gasteiger partial charge in [-0.25, -0.2) is 4.98 Å². The Labute approximate surface area is 188 Å². The molecule has 5 nitrogen and oxygen atoms in total. The van der Waals surface area contributed by atoms with Gasteiger partial charge in [0.2, 0.25) is 0 Å². The van der Waals surface area contributed by atoms with Gasteiger partial charge in [-0.05, 0) is 39.6 Å². The maximum absolute atomic E-state index is 13.1. The van der Waals surface area contributed by atoms with Gasteiger partial charge in [0.15, 0.2) is 5.78 Å². The zero-order chi connectivity index (χ0) is 22.5. The van der Waals surface area contributed by atoms with Crippen LogP contribution in [0.5, 0.6) is 0 Å². The Hall–Kier alpha value is -1.75. The van der Waals surface area contributed by atoms with Gasteiger partial charge in [0, 0.05) is 19.4 Å². The largest absolute Gasteiger partial charge is 0.309 e. The molecule has 5 heteroatoms. The van der Waals surface area contributed by atoms with E-state index in [4.69, 9.17) is 4.98 Å². The summed E-state index contributed by atoms with van der Waals surface area (Å²) in [5.41, 5.74) is 0.717. The number of carbonyl (C=O) groups excluding carboxylic acids is 1. The third-order valence-corrected chi connectivity index (χ3v) is 6.13. The minimum Gasteiger partial charge on any atom is -0.309 e. The number of hydrogen-bond donors (Lipinski definition) is 0. The molecule has 0 bridgehead atoms. The van der Waals surface area contributed by atoms with E-state index in [1.54, 1.807) is 4.57 Å². The average Bonchev–Trinajstić information content (AvgIpc) is 2.73. The number of rotatable bonds is 16. The summed E-state index contributed by atoms with van der Waals surface area (Å²) in [6, 6.07) is 0. The lowest BCUT2D eigenvalue weighted by Crippen LogP contribution is -2.33. The Balaban J connectivity index is 1.85. The number of allylic oxidation sites excluding steroid dienone is 1. The van der Waals surface area contributed by atoms with E-state index in [0.717, 1.165) is 31.6 Å². The van der Waals surface area contributed by atoms with Gasteiger partial charge >= 0.3 is 0 Å². The first-order chi connectivity index (χ1) is 15.0. The van der Waals surface area contributed by atoms with Crippen molar-refractivity contribution in [2.75, 3.05) is 20.6 Å². The van der Waals surface area contributed by atoms with Crippen molar-refractivity contribution < 1.29 is 4.79 Å². The maximum atomic E-state index is 13.1. The topological polar surface area (TPSA) is 55.2 Å². The predicted molar refractivity (Wildman–Crippen MR) is 130 cm³/mol. The fourth-order valence-electron chi connectivity index (χ4n) is 4.29. The molecule has 1 aromatic heterocycles. The molecule has 0 N–H and O–H groups in total. The molecule has 2 rings (SSSR count). The summed E-state index contributed by atoms with van der Waals surface area (Å²) < 4.78 is 1.77. The van der Waals surface area contributed by atoms with E-state index < -0.39 is 0 Å². The summed E-state index contributed by atoms with van der Waals surface area (Å²) in [5, 5.41) is 0. The summed E-state index contributed by atoms with van der Waals surface area (Å²) in [6.45, 7) is 3.80. The van der Waals surface area contributed by atoms with E-state index >= 15 is 0 Å². The molecule has 1 aliphatic rings. The summed E-state index contributed by atoms with van der Waals surface area (Å²) in [7, 11) is 4.07. The molecule has 0 unspecified atom stereocenters. The van der Waals surface area contributed by atoms with Crippen LogP contribution in [0, 0.1) is 0 Å². The van der Waals surface area contributed by atoms with Crippen LogP contribution in [-0.2, 0) is 13.0 Å². The molecule has 0 spiro atoms. The highest BCUT2D eigenvalue weighted by Gasteiger charge is 2.22. The van der Waals surface area contributed by atoms with Gasteiger partial charge in [-0.2, -0.15) is 0 Å². The molecule has 0 amide bonds. The van der Waals surface area contributed by atoms with E-state index in [1.807, 2.05) is 26.2 Å². The van der Waals surface area contributed by atoms with E-state index in [9.17, 15) is 9.59 Å². The fourth-order valence-corrected chi connectivity index (χ4v) is 4.29. The van der Waals surface area contributed by atoms with Crippen LogP contribution in [0.25, 0.3) is 6.08 Å².